The lowest BCUT2D eigenvalue weighted by Crippen LogP contribution is -2.42. The zero-order valence-electron chi connectivity index (χ0n) is 13.4. The first-order valence-corrected chi connectivity index (χ1v) is 7.92. The summed E-state index contributed by atoms with van der Waals surface area (Å²) in [5.74, 6) is 1.13. The summed E-state index contributed by atoms with van der Waals surface area (Å²) < 4.78 is 5.96. The average molecular weight is 357 g/mol. The molecule has 1 amide bonds. The van der Waals surface area contributed by atoms with Gasteiger partial charge in [0.05, 0.1) is 12.7 Å². The average Bonchev–Trinajstić information content (AvgIpc) is 2.37. The molecule has 0 fully saturated rings. The minimum atomic E-state index is -0.0757. The van der Waals surface area contributed by atoms with E-state index in [-0.39, 0.29) is 11.9 Å². The van der Waals surface area contributed by atoms with Gasteiger partial charge in [-0.3, -0.25) is 4.79 Å². The molecule has 1 N–H and O–H groups in total. The molecule has 1 aromatic carbocycles. The molecule has 0 heterocycles. The number of likely N-dealkylation sites (N-methyl/N-ethyl adjacent to an activating group) is 1. The van der Waals surface area contributed by atoms with Crippen LogP contribution in [-0.4, -0.2) is 44.6 Å². The summed E-state index contributed by atoms with van der Waals surface area (Å²) in [5, 5.41) is 3.12. The predicted molar refractivity (Wildman–Crippen MR) is 90.0 cm³/mol. The van der Waals surface area contributed by atoms with E-state index in [1.807, 2.05) is 26.2 Å². The molecule has 1 atom stereocenters. The van der Waals surface area contributed by atoms with Crippen molar-refractivity contribution in [2.24, 2.45) is 5.92 Å². The normalized spacial score (nSPS) is 12.6. The Morgan fingerprint density at radius 2 is 2.05 bits per heavy atom. The molecule has 0 aliphatic heterocycles. The minimum absolute atomic E-state index is 0.0757. The summed E-state index contributed by atoms with van der Waals surface area (Å²) in [6, 6.07) is 5.54. The van der Waals surface area contributed by atoms with Gasteiger partial charge in [0.25, 0.3) is 5.91 Å². The van der Waals surface area contributed by atoms with Crippen molar-refractivity contribution in [3.63, 3.8) is 0 Å². The fourth-order valence-electron chi connectivity index (χ4n) is 2.26. The lowest BCUT2D eigenvalue weighted by molar-refractivity contribution is 0.0923. The SMILES string of the molecule is COc1ccc(Br)c(C(=O)NC(CC(C)C)CN(C)C)c1. The first-order chi connectivity index (χ1) is 9.83. The van der Waals surface area contributed by atoms with Gasteiger partial charge in [-0.25, -0.2) is 0 Å². The molecule has 1 aromatic rings. The number of nitrogens with zero attached hydrogens (tertiary/aromatic N) is 1. The highest BCUT2D eigenvalue weighted by atomic mass is 79.9. The summed E-state index contributed by atoms with van der Waals surface area (Å²) >= 11 is 3.43. The Hall–Kier alpha value is -1.07. The van der Waals surface area contributed by atoms with E-state index in [9.17, 15) is 4.79 Å². The molecule has 0 aromatic heterocycles. The molecule has 0 radical (unpaired) electrons. The van der Waals surface area contributed by atoms with E-state index in [1.165, 1.54) is 0 Å². The van der Waals surface area contributed by atoms with Crippen LogP contribution in [0, 0.1) is 5.92 Å². The number of carbonyl (C=O) groups excluding carboxylic acids is 1. The molecule has 118 valence electrons. The second-order valence-corrected chi connectivity index (χ2v) is 6.76. The topological polar surface area (TPSA) is 41.6 Å². The van der Waals surface area contributed by atoms with Crippen LogP contribution < -0.4 is 10.1 Å². The van der Waals surface area contributed by atoms with Crippen LogP contribution in [0.4, 0.5) is 0 Å². The van der Waals surface area contributed by atoms with Gasteiger partial charge >= 0.3 is 0 Å². The van der Waals surface area contributed by atoms with Crippen molar-refractivity contribution >= 4 is 21.8 Å². The number of hydrogen-bond donors (Lipinski definition) is 1. The lowest BCUT2D eigenvalue weighted by atomic mass is 10.0. The van der Waals surface area contributed by atoms with E-state index in [1.54, 1.807) is 13.2 Å². The minimum Gasteiger partial charge on any atom is -0.497 e. The second-order valence-electron chi connectivity index (χ2n) is 5.91. The van der Waals surface area contributed by atoms with Gasteiger partial charge in [-0.1, -0.05) is 13.8 Å². The van der Waals surface area contributed by atoms with Crippen LogP contribution in [0.3, 0.4) is 0 Å². The van der Waals surface area contributed by atoms with Gasteiger partial charge in [-0.2, -0.15) is 0 Å². The molecule has 0 bridgehead atoms. The molecular weight excluding hydrogens is 332 g/mol. The molecule has 1 rings (SSSR count). The highest BCUT2D eigenvalue weighted by Gasteiger charge is 2.18. The quantitative estimate of drug-likeness (QED) is 0.815. The molecule has 1 unspecified atom stereocenters. The van der Waals surface area contributed by atoms with Crippen LogP contribution in [-0.2, 0) is 0 Å². The Balaban J connectivity index is 2.85. The maximum Gasteiger partial charge on any atom is 0.252 e. The van der Waals surface area contributed by atoms with Crippen LogP contribution in [0.2, 0.25) is 0 Å². The van der Waals surface area contributed by atoms with Crippen molar-refractivity contribution in [3.8, 4) is 5.75 Å². The van der Waals surface area contributed by atoms with Crippen molar-refractivity contribution in [1.29, 1.82) is 0 Å². The summed E-state index contributed by atoms with van der Waals surface area (Å²) in [6.45, 7) is 5.15. The maximum absolute atomic E-state index is 12.5. The smallest absolute Gasteiger partial charge is 0.252 e. The summed E-state index contributed by atoms with van der Waals surface area (Å²) in [7, 11) is 5.63. The zero-order valence-corrected chi connectivity index (χ0v) is 15.0. The van der Waals surface area contributed by atoms with Gasteiger partial charge in [0.2, 0.25) is 0 Å². The van der Waals surface area contributed by atoms with Gasteiger partial charge < -0.3 is 15.0 Å². The Morgan fingerprint density at radius 3 is 2.57 bits per heavy atom. The summed E-state index contributed by atoms with van der Waals surface area (Å²) in [4.78, 5) is 14.6. The van der Waals surface area contributed by atoms with E-state index < -0.39 is 0 Å². The van der Waals surface area contributed by atoms with Crippen LogP contribution in [0.1, 0.15) is 30.6 Å². The molecule has 0 aliphatic rings. The molecule has 4 nitrogen and oxygen atoms in total. The third-order valence-electron chi connectivity index (χ3n) is 3.09. The van der Waals surface area contributed by atoms with Crippen LogP contribution >= 0.6 is 15.9 Å². The second kappa shape index (κ2) is 8.39. The first-order valence-electron chi connectivity index (χ1n) is 7.12. The van der Waals surface area contributed by atoms with E-state index in [2.05, 4.69) is 40.0 Å². The summed E-state index contributed by atoms with van der Waals surface area (Å²) in [5.41, 5.74) is 0.599. The predicted octanol–water partition coefficient (Wildman–Crippen LogP) is 3.16. The summed E-state index contributed by atoms with van der Waals surface area (Å²) in [6.07, 6.45) is 0.950. The van der Waals surface area contributed by atoms with Gasteiger partial charge in [-0.15, -0.1) is 0 Å². The molecular formula is C16H25BrN2O2. The maximum atomic E-state index is 12.5. The number of amides is 1. The van der Waals surface area contributed by atoms with Crippen molar-refractivity contribution in [2.45, 2.75) is 26.3 Å². The highest BCUT2D eigenvalue weighted by molar-refractivity contribution is 9.10. The van der Waals surface area contributed by atoms with Crippen molar-refractivity contribution in [1.82, 2.24) is 10.2 Å². The Morgan fingerprint density at radius 1 is 1.38 bits per heavy atom. The van der Waals surface area contributed by atoms with Crippen molar-refractivity contribution in [2.75, 3.05) is 27.7 Å². The largest absolute Gasteiger partial charge is 0.497 e. The number of carbonyl (C=O) groups is 1. The number of halogens is 1. The Kier molecular flexibility index (Phi) is 7.18. The van der Waals surface area contributed by atoms with Crippen LogP contribution in [0.15, 0.2) is 22.7 Å². The number of rotatable bonds is 7. The molecule has 0 saturated heterocycles. The fraction of sp³-hybridized carbons (Fsp3) is 0.562. The lowest BCUT2D eigenvalue weighted by Gasteiger charge is -2.24. The molecule has 0 aliphatic carbocycles. The Labute approximate surface area is 136 Å². The van der Waals surface area contributed by atoms with E-state index in [0.717, 1.165) is 17.4 Å². The van der Waals surface area contributed by atoms with Crippen LogP contribution in [0.5, 0.6) is 5.75 Å². The fourth-order valence-corrected chi connectivity index (χ4v) is 2.68. The standard InChI is InChI=1S/C16H25BrN2O2/c1-11(2)8-12(10-19(3)4)18-16(20)14-9-13(21-5)6-7-15(14)17/h6-7,9,11-12H,8,10H2,1-5H3,(H,18,20). The van der Waals surface area contributed by atoms with Crippen molar-refractivity contribution < 1.29 is 9.53 Å². The molecule has 5 heteroatoms. The monoisotopic (exact) mass is 356 g/mol. The molecule has 21 heavy (non-hydrogen) atoms. The number of hydrogen-bond acceptors (Lipinski definition) is 3. The van der Waals surface area contributed by atoms with Crippen LogP contribution in [0.25, 0.3) is 0 Å². The van der Waals surface area contributed by atoms with Gasteiger partial charge in [0.15, 0.2) is 0 Å². The van der Waals surface area contributed by atoms with Gasteiger partial charge in [0, 0.05) is 17.1 Å². The third kappa shape index (κ3) is 6.06. The van der Waals surface area contributed by atoms with Crippen molar-refractivity contribution in [3.05, 3.63) is 28.2 Å². The highest BCUT2D eigenvalue weighted by Crippen LogP contribution is 2.22. The number of nitrogens with one attached hydrogen (secondary N) is 1. The molecule has 0 spiro atoms. The number of ether oxygens (including phenoxy) is 1. The Bertz CT molecular complexity index is 465. The molecule has 0 saturated carbocycles. The van der Waals surface area contributed by atoms with E-state index >= 15 is 0 Å². The van der Waals surface area contributed by atoms with Gasteiger partial charge in [-0.05, 0) is 60.6 Å². The number of methoxy groups -OCH3 is 1. The zero-order chi connectivity index (χ0) is 16.0. The number of benzene rings is 1. The van der Waals surface area contributed by atoms with E-state index in [4.69, 9.17) is 4.74 Å². The first kappa shape index (κ1) is 18.0. The van der Waals surface area contributed by atoms with Gasteiger partial charge in [0.1, 0.15) is 5.75 Å². The third-order valence-corrected chi connectivity index (χ3v) is 3.79. The van der Waals surface area contributed by atoms with E-state index in [0.29, 0.717) is 17.2 Å².